The molecule has 0 unspecified atom stereocenters. The van der Waals surface area contributed by atoms with E-state index in [0.29, 0.717) is 6.61 Å². The Balaban J connectivity index is 3.28. The molecule has 0 bridgehead atoms. The molecule has 0 heterocycles. The van der Waals surface area contributed by atoms with Crippen molar-refractivity contribution in [2.24, 2.45) is 0 Å². The van der Waals surface area contributed by atoms with Crippen LogP contribution >= 0.6 is 0 Å². The molecule has 0 aliphatic rings. The molecule has 0 aliphatic heterocycles. The zero-order chi connectivity index (χ0) is 8.04. The fourth-order valence-corrected chi connectivity index (χ4v) is 0.420. The second kappa shape index (κ2) is 4.09. The number of hydrogen-bond acceptors (Lipinski definition) is 2. The molecule has 0 aromatic carbocycles. The SMILES string of the molecule is C[N+](C)(C)CCOC=C=O. The van der Waals surface area contributed by atoms with Gasteiger partial charge in [0.2, 0.25) is 0 Å². The average molecular weight is 144 g/mol. The van der Waals surface area contributed by atoms with Crippen LogP contribution in [0.1, 0.15) is 0 Å². The summed E-state index contributed by atoms with van der Waals surface area (Å²) >= 11 is 0. The molecule has 0 aliphatic carbocycles. The van der Waals surface area contributed by atoms with Crippen molar-refractivity contribution < 1.29 is 14.0 Å². The summed E-state index contributed by atoms with van der Waals surface area (Å²) in [5.41, 5.74) is 0. The summed E-state index contributed by atoms with van der Waals surface area (Å²) in [4.78, 5) is 9.62. The molecule has 0 rings (SSSR count). The summed E-state index contributed by atoms with van der Waals surface area (Å²) in [5, 5.41) is 0. The van der Waals surface area contributed by atoms with Gasteiger partial charge in [-0.2, -0.15) is 0 Å². The molecular weight excluding hydrogens is 130 g/mol. The Hall–Kier alpha value is -0.790. The van der Waals surface area contributed by atoms with E-state index in [9.17, 15) is 4.79 Å². The maximum atomic E-state index is 9.62. The van der Waals surface area contributed by atoms with Crippen LogP contribution in [0.3, 0.4) is 0 Å². The van der Waals surface area contributed by atoms with E-state index < -0.39 is 0 Å². The van der Waals surface area contributed by atoms with Crippen molar-refractivity contribution in [3.8, 4) is 0 Å². The van der Waals surface area contributed by atoms with Gasteiger partial charge >= 0.3 is 0 Å². The van der Waals surface area contributed by atoms with Gasteiger partial charge in [0.15, 0.2) is 12.2 Å². The molecule has 0 saturated carbocycles. The first-order chi connectivity index (χ1) is 4.56. The van der Waals surface area contributed by atoms with Gasteiger partial charge in [0.25, 0.3) is 0 Å². The normalized spacial score (nSPS) is 10.3. The first-order valence-electron chi connectivity index (χ1n) is 3.18. The maximum absolute atomic E-state index is 9.62. The van der Waals surface area contributed by atoms with Gasteiger partial charge in [-0.1, -0.05) is 0 Å². The van der Waals surface area contributed by atoms with Crippen molar-refractivity contribution in [3.63, 3.8) is 0 Å². The lowest BCUT2D eigenvalue weighted by molar-refractivity contribution is -0.870. The molecule has 3 heteroatoms. The monoisotopic (exact) mass is 144 g/mol. The third-order valence-electron chi connectivity index (χ3n) is 1.01. The molecule has 0 fully saturated rings. The zero-order valence-electron chi connectivity index (χ0n) is 6.76. The first-order valence-corrected chi connectivity index (χ1v) is 3.18. The topological polar surface area (TPSA) is 26.3 Å². The minimum atomic E-state index is 0.568. The Labute approximate surface area is 61.5 Å². The highest BCUT2D eigenvalue weighted by Crippen LogP contribution is 1.88. The van der Waals surface area contributed by atoms with E-state index in [1.165, 1.54) is 0 Å². The Bertz CT molecular complexity index is 131. The Morgan fingerprint density at radius 3 is 2.50 bits per heavy atom. The van der Waals surface area contributed by atoms with Crippen LogP contribution in [0.2, 0.25) is 0 Å². The third-order valence-corrected chi connectivity index (χ3v) is 1.01. The van der Waals surface area contributed by atoms with E-state index in [4.69, 9.17) is 4.74 Å². The number of ether oxygens (including phenoxy) is 1. The van der Waals surface area contributed by atoms with Crippen LogP contribution in [0.25, 0.3) is 0 Å². The van der Waals surface area contributed by atoms with Crippen LogP contribution in [0.15, 0.2) is 6.26 Å². The lowest BCUT2D eigenvalue weighted by atomic mass is 10.5. The van der Waals surface area contributed by atoms with Gasteiger partial charge in [-0.15, -0.1) is 0 Å². The molecular formula is C7H14NO2+. The highest BCUT2D eigenvalue weighted by molar-refractivity contribution is 5.42. The van der Waals surface area contributed by atoms with Crippen LogP contribution in [-0.2, 0) is 9.53 Å². The fraction of sp³-hybridized carbons (Fsp3) is 0.714. The van der Waals surface area contributed by atoms with E-state index in [-0.39, 0.29) is 0 Å². The van der Waals surface area contributed by atoms with Crippen molar-refractivity contribution >= 4 is 5.94 Å². The van der Waals surface area contributed by atoms with Crippen LogP contribution in [0.4, 0.5) is 0 Å². The van der Waals surface area contributed by atoms with Gasteiger partial charge < -0.3 is 9.22 Å². The number of carbonyl (C=O) groups excluding carboxylic acids is 1. The molecule has 0 atom stereocenters. The summed E-state index contributed by atoms with van der Waals surface area (Å²) in [7, 11) is 6.19. The van der Waals surface area contributed by atoms with Crippen molar-refractivity contribution in [2.75, 3.05) is 34.3 Å². The molecule has 0 N–H and O–H groups in total. The predicted molar refractivity (Wildman–Crippen MR) is 39.1 cm³/mol. The van der Waals surface area contributed by atoms with Crippen LogP contribution < -0.4 is 0 Å². The van der Waals surface area contributed by atoms with Crippen molar-refractivity contribution in [1.82, 2.24) is 0 Å². The Morgan fingerprint density at radius 1 is 1.50 bits per heavy atom. The summed E-state index contributed by atoms with van der Waals surface area (Å²) in [5.74, 6) is 1.55. The minimum Gasteiger partial charge on any atom is -0.484 e. The molecule has 0 spiro atoms. The van der Waals surface area contributed by atoms with Crippen molar-refractivity contribution in [3.05, 3.63) is 6.26 Å². The van der Waals surface area contributed by atoms with E-state index in [0.717, 1.165) is 17.3 Å². The van der Waals surface area contributed by atoms with Gasteiger partial charge in [0.1, 0.15) is 13.2 Å². The second-order valence-corrected chi connectivity index (χ2v) is 3.12. The van der Waals surface area contributed by atoms with Gasteiger partial charge in [-0.3, -0.25) is 0 Å². The predicted octanol–water partition coefficient (Wildman–Crippen LogP) is 0.0545. The summed E-state index contributed by atoms with van der Waals surface area (Å²) < 4.78 is 5.63. The number of nitrogens with zero attached hydrogens (tertiary/aromatic N) is 1. The van der Waals surface area contributed by atoms with Crippen molar-refractivity contribution in [2.45, 2.75) is 0 Å². The lowest BCUT2D eigenvalue weighted by Gasteiger charge is -2.22. The summed E-state index contributed by atoms with van der Waals surface area (Å²) in [6.45, 7) is 1.46. The number of quaternary nitrogens is 1. The molecule has 0 saturated heterocycles. The molecule has 3 nitrogen and oxygen atoms in total. The molecule has 0 amide bonds. The van der Waals surface area contributed by atoms with Gasteiger partial charge in [-0.05, 0) is 0 Å². The fourth-order valence-electron chi connectivity index (χ4n) is 0.420. The zero-order valence-corrected chi connectivity index (χ0v) is 6.76. The van der Waals surface area contributed by atoms with Crippen LogP contribution in [0.5, 0.6) is 0 Å². The van der Waals surface area contributed by atoms with E-state index in [1.807, 2.05) is 0 Å². The summed E-state index contributed by atoms with van der Waals surface area (Å²) in [6.07, 6.45) is 1.05. The number of rotatable bonds is 4. The van der Waals surface area contributed by atoms with Gasteiger partial charge in [0.05, 0.1) is 21.1 Å². The average Bonchev–Trinajstić information content (AvgIpc) is 1.78. The lowest BCUT2D eigenvalue weighted by Crippen LogP contribution is -2.37. The largest absolute Gasteiger partial charge is 0.484 e. The highest BCUT2D eigenvalue weighted by Gasteiger charge is 2.04. The molecule has 0 aromatic rings. The minimum absolute atomic E-state index is 0.568. The molecule has 10 heavy (non-hydrogen) atoms. The quantitative estimate of drug-likeness (QED) is 0.241. The first kappa shape index (κ1) is 9.21. The number of likely N-dealkylation sites (N-methyl/N-ethyl adjacent to an activating group) is 1. The van der Waals surface area contributed by atoms with E-state index in [2.05, 4.69) is 21.1 Å². The highest BCUT2D eigenvalue weighted by atomic mass is 16.5. The Morgan fingerprint density at radius 2 is 2.10 bits per heavy atom. The van der Waals surface area contributed by atoms with Gasteiger partial charge in [0, 0.05) is 0 Å². The Kier molecular flexibility index (Phi) is 3.77. The molecule has 58 valence electrons. The van der Waals surface area contributed by atoms with E-state index >= 15 is 0 Å². The second-order valence-electron chi connectivity index (χ2n) is 3.12. The van der Waals surface area contributed by atoms with E-state index in [1.54, 1.807) is 5.94 Å². The smallest absolute Gasteiger partial charge is 0.167 e. The van der Waals surface area contributed by atoms with Crippen LogP contribution in [-0.4, -0.2) is 44.7 Å². The molecule has 0 aromatic heterocycles. The standard InChI is InChI=1S/C7H14NO2/c1-8(2,3)4-6-10-7-5-9/h7H,4,6H2,1-3H3/q+1. The van der Waals surface area contributed by atoms with Gasteiger partial charge in [-0.25, -0.2) is 4.79 Å². The van der Waals surface area contributed by atoms with Crippen molar-refractivity contribution in [1.29, 1.82) is 0 Å². The molecule has 0 radical (unpaired) electrons. The maximum Gasteiger partial charge on any atom is 0.167 e. The summed E-state index contributed by atoms with van der Waals surface area (Å²) in [6, 6.07) is 0. The van der Waals surface area contributed by atoms with Crippen LogP contribution in [0, 0.1) is 0 Å². The number of hydrogen-bond donors (Lipinski definition) is 0. The third kappa shape index (κ3) is 7.21.